The zero-order valence-electron chi connectivity index (χ0n) is 8.20. The number of nitrogens with zero attached hydrogens (tertiary/aromatic N) is 2. The molecule has 1 aliphatic heterocycles. The Balaban J connectivity index is 2.17. The van der Waals surface area contributed by atoms with Crippen LogP contribution in [-0.2, 0) is 0 Å². The van der Waals surface area contributed by atoms with Crippen LogP contribution in [-0.4, -0.2) is 30.7 Å². The lowest BCUT2D eigenvalue weighted by Gasteiger charge is -2.39. The second kappa shape index (κ2) is 4.28. The average Bonchev–Trinajstić information content (AvgIpc) is 2.10. The monoisotopic (exact) mass is 255 g/mol. The molecular formula is C10H14BrN3. The van der Waals surface area contributed by atoms with Crippen LogP contribution in [0.3, 0.4) is 0 Å². The zero-order valence-corrected chi connectivity index (χ0v) is 9.79. The largest absolute Gasteiger partial charge is 0.365 e. The van der Waals surface area contributed by atoms with Crippen LogP contribution in [0.2, 0.25) is 0 Å². The van der Waals surface area contributed by atoms with E-state index in [4.69, 9.17) is 0 Å². The quantitative estimate of drug-likeness (QED) is 0.891. The predicted octanol–water partition coefficient (Wildman–Crippen LogP) is 1.64. The van der Waals surface area contributed by atoms with Crippen LogP contribution in [0.5, 0.6) is 0 Å². The van der Waals surface area contributed by atoms with E-state index in [0.29, 0.717) is 6.04 Å². The Labute approximate surface area is 92.6 Å². The molecule has 2 rings (SSSR count). The molecule has 2 heterocycles. The molecule has 0 radical (unpaired) electrons. The first-order valence-corrected chi connectivity index (χ1v) is 5.68. The Kier molecular flexibility index (Phi) is 3.03. The lowest BCUT2D eigenvalue weighted by molar-refractivity contribution is 0.417. The van der Waals surface area contributed by atoms with Crippen molar-refractivity contribution in [3.05, 3.63) is 22.9 Å². The van der Waals surface area contributed by atoms with Crippen molar-refractivity contribution in [3.63, 3.8) is 0 Å². The standard InChI is InChI=1S/C10H14BrN3/c1-2-14(10-6-13-7-10)9-3-8(11)4-12-5-9/h3-5,10,13H,2,6-7H2,1H3. The number of hydrogen-bond donors (Lipinski definition) is 1. The molecule has 3 nitrogen and oxygen atoms in total. The summed E-state index contributed by atoms with van der Waals surface area (Å²) in [4.78, 5) is 6.57. The maximum Gasteiger partial charge on any atom is 0.0567 e. The maximum atomic E-state index is 4.18. The maximum absolute atomic E-state index is 4.18. The van der Waals surface area contributed by atoms with Crippen molar-refractivity contribution >= 4 is 21.6 Å². The Morgan fingerprint density at radius 3 is 2.86 bits per heavy atom. The summed E-state index contributed by atoms with van der Waals surface area (Å²) in [6.07, 6.45) is 3.74. The smallest absolute Gasteiger partial charge is 0.0567 e. The van der Waals surface area contributed by atoms with Gasteiger partial charge < -0.3 is 10.2 Å². The number of anilines is 1. The summed E-state index contributed by atoms with van der Waals surface area (Å²) in [5, 5.41) is 3.29. The van der Waals surface area contributed by atoms with Crippen LogP contribution in [0.1, 0.15) is 6.92 Å². The Morgan fingerprint density at radius 2 is 2.36 bits per heavy atom. The SMILES string of the molecule is CCN(c1cncc(Br)c1)C1CNC1. The molecule has 0 unspecified atom stereocenters. The second-order valence-electron chi connectivity index (χ2n) is 3.46. The highest BCUT2D eigenvalue weighted by Crippen LogP contribution is 2.21. The van der Waals surface area contributed by atoms with Crippen LogP contribution < -0.4 is 10.2 Å². The van der Waals surface area contributed by atoms with E-state index in [1.165, 1.54) is 5.69 Å². The van der Waals surface area contributed by atoms with Crippen molar-refractivity contribution in [2.75, 3.05) is 24.5 Å². The molecule has 1 aliphatic rings. The predicted molar refractivity (Wildman–Crippen MR) is 61.6 cm³/mol. The number of hydrogen-bond acceptors (Lipinski definition) is 3. The van der Waals surface area contributed by atoms with Gasteiger partial charge >= 0.3 is 0 Å². The highest BCUT2D eigenvalue weighted by molar-refractivity contribution is 9.10. The lowest BCUT2D eigenvalue weighted by atomic mass is 10.1. The fourth-order valence-electron chi connectivity index (χ4n) is 1.70. The van der Waals surface area contributed by atoms with Gasteiger partial charge in [0, 0.05) is 30.3 Å². The van der Waals surface area contributed by atoms with Crippen molar-refractivity contribution in [2.24, 2.45) is 0 Å². The van der Waals surface area contributed by atoms with Crippen molar-refractivity contribution in [1.29, 1.82) is 0 Å². The van der Waals surface area contributed by atoms with Gasteiger partial charge in [0.25, 0.3) is 0 Å². The topological polar surface area (TPSA) is 28.2 Å². The van der Waals surface area contributed by atoms with Crippen molar-refractivity contribution in [1.82, 2.24) is 10.3 Å². The summed E-state index contributed by atoms with van der Waals surface area (Å²) in [7, 11) is 0. The summed E-state index contributed by atoms with van der Waals surface area (Å²) >= 11 is 3.44. The Hall–Kier alpha value is -0.610. The molecule has 1 N–H and O–H groups in total. The van der Waals surface area contributed by atoms with Gasteiger partial charge in [-0.25, -0.2) is 0 Å². The highest BCUT2D eigenvalue weighted by atomic mass is 79.9. The number of pyridine rings is 1. The van der Waals surface area contributed by atoms with Crippen LogP contribution in [0, 0.1) is 0 Å². The van der Waals surface area contributed by atoms with E-state index >= 15 is 0 Å². The van der Waals surface area contributed by atoms with E-state index in [0.717, 1.165) is 24.1 Å². The molecule has 1 aromatic rings. The Bertz CT molecular complexity index is 312. The first kappa shape index (κ1) is 9.93. The third-order valence-corrected chi connectivity index (χ3v) is 3.00. The number of rotatable bonds is 3. The van der Waals surface area contributed by atoms with Gasteiger partial charge in [-0.05, 0) is 28.9 Å². The lowest BCUT2D eigenvalue weighted by Crippen LogP contribution is -2.57. The molecule has 0 saturated carbocycles. The molecule has 0 aromatic carbocycles. The number of aromatic nitrogens is 1. The molecule has 0 spiro atoms. The normalized spacial score (nSPS) is 16.4. The molecule has 1 aromatic heterocycles. The van der Waals surface area contributed by atoms with Gasteiger partial charge in [0.15, 0.2) is 0 Å². The third kappa shape index (κ3) is 1.91. The van der Waals surface area contributed by atoms with Crippen molar-refractivity contribution < 1.29 is 0 Å². The van der Waals surface area contributed by atoms with Crippen LogP contribution in [0.4, 0.5) is 5.69 Å². The molecule has 0 atom stereocenters. The van der Waals surface area contributed by atoms with Crippen LogP contribution in [0.25, 0.3) is 0 Å². The number of nitrogens with one attached hydrogen (secondary N) is 1. The minimum atomic E-state index is 0.635. The zero-order chi connectivity index (χ0) is 9.97. The number of halogens is 1. The molecule has 0 amide bonds. The van der Waals surface area contributed by atoms with Gasteiger partial charge in [-0.1, -0.05) is 0 Å². The van der Waals surface area contributed by atoms with E-state index in [1.807, 2.05) is 12.4 Å². The summed E-state index contributed by atoms with van der Waals surface area (Å²) in [6.45, 7) is 5.38. The van der Waals surface area contributed by atoms with Gasteiger partial charge in [0.05, 0.1) is 17.9 Å². The fourth-order valence-corrected chi connectivity index (χ4v) is 2.06. The van der Waals surface area contributed by atoms with E-state index in [2.05, 4.69) is 44.1 Å². The van der Waals surface area contributed by atoms with Crippen molar-refractivity contribution in [2.45, 2.75) is 13.0 Å². The Morgan fingerprint density at radius 1 is 1.57 bits per heavy atom. The first-order valence-electron chi connectivity index (χ1n) is 4.89. The van der Waals surface area contributed by atoms with Gasteiger partial charge in [0.2, 0.25) is 0 Å². The molecule has 14 heavy (non-hydrogen) atoms. The minimum Gasteiger partial charge on any atom is -0.365 e. The van der Waals surface area contributed by atoms with Gasteiger partial charge in [0.1, 0.15) is 0 Å². The number of likely N-dealkylation sites (N-methyl/N-ethyl adjacent to an activating group) is 1. The molecule has 4 heteroatoms. The van der Waals surface area contributed by atoms with Crippen LogP contribution >= 0.6 is 15.9 Å². The highest BCUT2D eigenvalue weighted by Gasteiger charge is 2.23. The molecular weight excluding hydrogens is 242 g/mol. The van der Waals surface area contributed by atoms with E-state index in [9.17, 15) is 0 Å². The van der Waals surface area contributed by atoms with Crippen molar-refractivity contribution in [3.8, 4) is 0 Å². The fraction of sp³-hybridized carbons (Fsp3) is 0.500. The average molecular weight is 256 g/mol. The van der Waals surface area contributed by atoms with Gasteiger partial charge in [-0.3, -0.25) is 4.98 Å². The molecule has 0 aliphatic carbocycles. The summed E-state index contributed by atoms with van der Waals surface area (Å²) in [5.74, 6) is 0. The first-order chi connectivity index (χ1) is 6.81. The minimum absolute atomic E-state index is 0.635. The van der Waals surface area contributed by atoms with E-state index in [1.54, 1.807) is 0 Å². The molecule has 1 fully saturated rings. The van der Waals surface area contributed by atoms with Gasteiger partial charge in [-0.15, -0.1) is 0 Å². The van der Waals surface area contributed by atoms with E-state index in [-0.39, 0.29) is 0 Å². The van der Waals surface area contributed by atoms with Crippen LogP contribution in [0.15, 0.2) is 22.9 Å². The second-order valence-corrected chi connectivity index (χ2v) is 4.38. The summed E-state index contributed by atoms with van der Waals surface area (Å²) in [5.41, 5.74) is 1.20. The third-order valence-electron chi connectivity index (χ3n) is 2.56. The molecule has 0 bridgehead atoms. The van der Waals surface area contributed by atoms with Gasteiger partial charge in [-0.2, -0.15) is 0 Å². The summed E-state index contributed by atoms with van der Waals surface area (Å²) in [6, 6.07) is 2.76. The molecule has 76 valence electrons. The summed E-state index contributed by atoms with van der Waals surface area (Å²) < 4.78 is 1.04. The molecule has 1 saturated heterocycles. The van der Waals surface area contributed by atoms with E-state index < -0.39 is 0 Å².